The summed E-state index contributed by atoms with van der Waals surface area (Å²) in [6.07, 6.45) is 3.66. The molecule has 2 nitrogen and oxygen atoms in total. The van der Waals surface area contributed by atoms with Crippen molar-refractivity contribution < 1.29 is 4.21 Å². The van der Waals surface area contributed by atoms with E-state index in [-0.39, 0.29) is 0 Å². The largest absolute Gasteiger partial charge is 0.313 e. The molecular weight excluding hydrogens is 266 g/mol. The third-order valence-corrected chi connectivity index (χ3v) is 4.91. The molecule has 4 heteroatoms. The molecule has 0 amide bonds. The monoisotopic (exact) mass is 285 g/mol. The zero-order chi connectivity index (χ0) is 13.0. The molecule has 0 spiro atoms. The van der Waals surface area contributed by atoms with Gasteiger partial charge < -0.3 is 5.32 Å². The summed E-state index contributed by atoms with van der Waals surface area (Å²) in [5.74, 6) is 1.42. The Labute approximate surface area is 117 Å². The van der Waals surface area contributed by atoms with Crippen molar-refractivity contribution in [3.63, 3.8) is 0 Å². The molecule has 1 fully saturated rings. The van der Waals surface area contributed by atoms with Crippen molar-refractivity contribution in [2.75, 3.05) is 12.3 Å². The highest BCUT2D eigenvalue weighted by Gasteiger charge is 2.31. The van der Waals surface area contributed by atoms with Crippen molar-refractivity contribution >= 4 is 22.4 Å². The van der Waals surface area contributed by atoms with Gasteiger partial charge in [-0.3, -0.25) is 4.21 Å². The molecule has 2 atom stereocenters. The van der Waals surface area contributed by atoms with E-state index in [4.69, 9.17) is 11.6 Å². The van der Waals surface area contributed by atoms with Crippen molar-refractivity contribution in [2.45, 2.75) is 37.1 Å². The molecule has 0 bridgehead atoms. The van der Waals surface area contributed by atoms with Gasteiger partial charge >= 0.3 is 0 Å². The summed E-state index contributed by atoms with van der Waals surface area (Å²) >= 11 is 5.93. The average Bonchev–Trinajstić information content (AvgIpc) is 3.18. The van der Waals surface area contributed by atoms with E-state index in [1.807, 2.05) is 18.2 Å². The lowest BCUT2D eigenvalue weighted by molar-refractivity contribution is 0.498. The van der Waals surface area contributed by atoms with Gasteiger partial charge in [-0.05, 0) is 49.9 Å². The summed E-state index contributed by atoms with van der Waals surface area (Å²) in [7, 11) is -0.955. The third kappa shape index (κ3) is 4.08. The first-order chi connectivity index (χ1) is 8.70. The maximum atomic E-state index is 12.3. The topological polar surface area (TPSA) is 29.1 Å². The molecule has 0 radical (unpaired) electrons. The van der Waals surface area contributed by atoms with Crippen LogP contribution in [0.3, 0.4) is 0 Å². The van der Waals surface area contributed by atoms with Crippen LogP contribution >= 0.6 is 11.6 Å². The van der Waals surface area contributed by atoms with Crippen LogP contribution in [0.2, 0.25) is 5.02 Å². The van der Waals surface area contributed by atoms with E-state index in [1.54, 1.807) is 6.07 Å². The van der Waals surface area contributed by atoms with Crippen molar-refractivity contribution in [3.05, 3.63) is 29.3 Å². The quantitative estimate of drug-likeness (QED) is 0.833. The number of benzene rings is 1. The van der Waals surface area contributed by atoms with Crippen molar-refractivity contribution in [3.8, 4) is 0 Å². The molecule has 2 unspecified atom stereocenters. The minimum Gasteiger partial charge on any atom is -0.313 e. The van der Waals surface area contributed by atoms with E-state index in [0.717, 1.165) is 23.8 Å². The van der Waals surface area contributed by atoms with Gasteiger partial charge in [0, 0.05) is 21.7 Å². The van der Waals surface area contributed by atoms with E-state index in [1.165, 1.54) is 12.8 Å². The van der Waals surface area contributed by atoms with Crippen LogP contribution < -0.4 is 5.32 Å². The summed E-state index contributed by atoms with van der Waals surface area (Å²) < 4.78 is 12.3. The van der Waals surface area contributed by atoms with Gasteiger partial charge in [0.15, 0.2) is 0 Å². The molecule has 0 aromatic heterocycles. The maximum Gasteiger partial charge on any atom is 0.0545 e. The molecule has 1 aliphatic carbocycles. The number of nitrogens with one attached hydrogen (secondary N) is 1. The Bertz CT molecular complexity index is 420. The number of rotatable bonds is 7. The summed E-state index contributed by atoms with van der Waals surface area (Å²) in [5, 5.41) is 4.18. The molecule has 100 valence electrons. The van der Waals surface area contributed by atoms with Crippen molar-refractivity contribution in [1.29, 1.82) is 0 Å². The summed E-state index contributed by atoms with van der Waals surface area (Å²) in [4.78, 5) is 0.839. The molecule has 1 aromatic rings. The zero-order valence-electron chi connectivity index (χ0n) is 10.7. The molecule has 0 heterocycles. The van der Waals surface area contributed by atoms with Crippen LogP contribution in [0.1, 0.15) is 26.2 Å². The zero-order valence-corrected chi connectivity index (χ0v) is 12.3. The van der Waals surface area contributed by atoms with E-state index < -0.39 is 10.8 Å². The number of halogens is 1. The second-order valence-electron chi connectivity index (χ2n) is 4.87. The molecule has 1 aliphatic rings. The second kappa shape index (κ2) is 6.69. The van der Waals surface area contributed by atoms with Crippen LogP contribution in [0.5, 0.6) is 0 Å². The minimum atomic E-state index is -0.955. The molecule has 1 N–H and O–H groups in total. The van der Waals surface area contributed by atoms with Gasteiger partial charge in [-0.15, -0.1) is 0 Å². The Morgan fingerprint density at radius 1 is 1.50 bits per heavy atom. The maximum absolute atomic E-state index is 12.3. The highest BCUT2D eigenvalue weighted by atomic mass is 35.5. The van der Waals surface area contributed by atoms with Crippen LogP contribution in [0.25, 0.3) is 0 Å². The molecule has 18 heavy (non-hydrogen) atoms. The molecule has 1 aromatic carbocycles. The SMILES string of the molecule is CCCNC(CS(=O)c1cccc(Cl)c1)C1CC1. The van der Waals surface area contributed by atoms with Crippen LogP contribution in [0.4, 0.5) is 0 Å². The Hall–Kier alpha value is -0.380. The molecule has 0 aliphatic heterocycles. The lowest BCUT2D eigenvalue weighted by Gasteiger charge is -2.17. The second-order valence-corrected chi connectivity index (χ2v) is 6.80. The number of hydrogen-bond donors (Lipinski definition) is 1. The highest BCUT2D eigenvalue weighted by Crippen LogP contribution is 2.33. The van der Waals surface area contributed by atoms with Crippen LogP contribution in [-0.4, -0.2) is 22.5 Å². The average molecular weight is 286 g/mol. The first kappa shape index (κ1) is 14.0. The van der Waals surface area contributed by atoms with Crippen LogP contribution in [0.15, 0.2) is 29.2 Å². The fraction of sp³-hybridized carbons (Fsp3) is 0.571. The summed E-state index contributed by atoms with van der Waals surface area (Å²) in [6, 6.07) is 7.77. The lowest BCUT2D eigenvalue weighted by Crippen LogP contribution is -2.36. The van der Waals surface area contributed by atoms with Crippen LogP contribution in [0, 0.1) is 5.92 Å². The Kier molecular flexibility index (Phi) is 5.22. The van der Waals surface area contributed by atoms with E-state index in [2.05, 4.69) is 12.2 Å². The van der Waals surface area contributed by atoms with Gasteiger partial charge in [0.25, 0.3) is 0 Å². The van der Waals surface area contributed by atoms with E-state index >= 15 is 0 Å². The van der Waals surface area contributed by atoms with Gasteiger partial charge in [0.1, 0.15) is 0 Å². The van der Waals surface area contributed by atoms with E-state index in [9.17, 15) is 4.21 Å². The van der Waals surface area contributed by atoms with E-state index in [0.29, 0.717) is 16.8 Å². The lowest BCUT2D eigenvalue weighted by atomic mass is 10.2. The first-order valence-corrected chi connectivity index (χ1v) is 8.27. The van der Waals surface area contributed by atoms with Gasteiger partial charge in [-0.2, -0.15) is 0 Å². The molecular formula is C14H20ClNOS. The Balaban J connectivity index is 1.95. The standard InChI is InChI=1S/C14H20ClNOS/c1-2-8-16-14(11-6-7-11)10-18(17)13-5-3-4-12(15)9-13/h3-5,9,11,14,16H,2,6-8,10H2,1H3. The Morgan fingerprint density at radius 2 is 2.28 bits per heavy atom. The molecule has 2 rings (SSSR count). The van der Waals surface area contributed by atoms with Crippen LogP contribution in [-0.2, 0) is 10.8 Å². The fourth-order valence-electron chi connectivity index (χ4n) is 2.06. The highest BCUT2D eigenvalue weighted by molar-refractivity contribution is 7.85. The van der Waals surface area contributed by atoms with Gasteiger partial charge in [0.05, 0.1) is 10.8 Å². The Morgan fingerprint density at radius 3 is 2.89 bits per heavy atom. The smallest absolute Gasteiger partial charge is 0.0545 e. The minimum absolute atomic E-state index is 0.393. The van der Waals surface area contributed by atoms with Crippen molar-refractivity contribution in [2.24, 2.45) is 5.92 Å². The predicted octanol–water partition coefficient (Wildman–Crippen LogP) is 3.23. The molecule has 1 saturated carbocycles. The van der Waals surface area contributed by atoms with Crippen molar-refractivity contribution in [1.82, 2.24) is 5.32 Å². The van der Waals surface area contributed by atoms with Gasteiger partial charge in [-0.1, -0.05) is 24.6 Å². The third-order valence-electron chi connectivity index (χ3n) is 3.24. The van der Waals surface area contributed by atoms with Gasteiger partial charge in [-0.25, -0.2) is 0 Å². The normalized spacial score (nSPS) is 18.6. The van der Waals surface area contributed by atoms with Gasteiger partial charge in [0.2, 0.25) is 0 Å². The number of hydrogen-bond acceptors (Lipinski definition) is 2. The predicted molar refractivity (Wildman–Crippen MR) is 77.5 cm³/mol. The summed E-state index contributed by atoms with van der Waals surface area (Å²) in [5.41, 5.74) is 0. The summed E-state index contributed by atoms with van der Waals surface area (Å²) in [6.45, 7) is 3.17. The molecule has 0 saturated heterocycles. The first-order valence-electron chi connectivity index (χ1n) is 6.58. The fourth-order valence-corrected chi connectivity index (χ4v) is 3.71.